The lowest BCUT2D eigenvalue weighted by molar-refractivity contribution is 0.0981. The fourth-order valence-corrected chi connectivity index (χ4v) is 1.37. The molecule has 0 fully saturated rings. The van der Waals surface area contributed by atoms with Crippen molar-refractivity contribution >= 4 is 21.7 Å². The van der Waals surface area contributed by atoms with Crippen LogP contribution in [-0.4, -0.2) is 11.1 Å². The molecular weight excluding hydrogens is 254 g/mol. The topological polar surface area (TPSA) is 17.1 Å². The normalized spacial score (nSPS) is 10.2. The van der Waals surface area contributed by atoms with Crippen LogP contribution in [0.4, 0.5) is 8.78 Å². The van der Waals surface area contributed by atoms with E-state index in [1.54, 1.807) is 0 Å². The maximum absolute atomic E-state index is 12.7. The molecule has 0 amide bonds. The molecule has 0 aliphatic rings. The van der Waals surface area contributed by atoms with E-state index in [4.69, 9.17) is 0 Å². The Morgan fingerprint density at radius 1 is 1.21 bits per heavy atom. The largest absolute Gasteiger partial charge is 0.294 e. The number of halogens is 3. The van der Waals surface area contributed by atoms with Gasteiger partial charge in [0, 0.05) is 23.4 Å². The number of Topliss-reactive ketones (excluding diaryl/α,β-unsaturated/α-hetero) is 1. The number of carbonyl (C=O) groups is 1. The number of benzene rings is 1. The first-order valence-corrected chi connectivity index (χ1v) is 5.31. The Bertz CT molecular complexity index is 319. The van der Waals surface area contributed by atoms with Crippen LogP contribution in [0.1, 0.15) is 23.2 Å². The van der Waals surface area contributed by atoms with Gasteiger partial charge in [0.25, 0.3) is 0 Å². The van der Waals surface area contributed by atoms with Gasteiger partial charge >= 0.3 is 0 Å². The van der Waals surface area contributed by atoms with E-state index in [-0.39, 0.29) is 11.3 Å². The fraction of sp³-hybridized carbons (Fsp3) is 0.300. The maximum atomic E-state index is 12.7. The molecule has 0 saturated heterocycles. The Hall–Kier alpha value is -0.770. The summed E-state index contributed by atoms with van der Waals surface area (Å²) in [5.41, 5.74) is 0.100. The lowest BCUT2D eigenvalue weighted by Crippen LogP contribution is -2.00. The van der Waals surface area contributed by atoms with Crippen molar-refractivity contribution in [3.8, 4) is 0 Å². The van der Waals surface area contributed by atoms with E-state index in [1.165, 1.54) is 0 Å². The summed E-state index contributed by atoms with van der Waals surface area (Å²) in [4.78, 5) is 11.4. The lowest BCUT2D eigenvalue weighted by atomic mass is 10.1. The predicted octanol–water partition coefficient (Wildman–Crippen LogP) is 3.32. The van der Waals surface area contributed by atoms with Gasteiger partial charge in [0.15, 0.2) is 5.78 Å². The molecule has 0 aromatic heterocycles. The molecular formula is C10H9BrF2O. The first-order valence-electron chi connectivity index (χ1n) is 4.18. The zero-order valence-electron chi connectivity index (χ0n) is 7.40. The molecule has 0 atom stereocenters. The van der Waals surface area contributed by atoms with Gasteiger partial charge in [-0.15, -0.1) is 0 Å². The van der Waals surface area contributed by atoms with E-state index < -0.39 is 11.6 Å². The third kappa shape index (κ3) is 3.18. The third-order valence-corrected chi connectivity index (χ3v) is 2.28. The Balaban J connectivity index is 2.79. The van der Waals surface area contributed by atoms with E-state index in [9.17, 15) is 13.6 Å². The van der Waals surface area contributed by atoms with Gasteiger partial charge < -0.3 is 0 Å². The van der Waals surface area contributed by atoms with Gasteiger partial charge in [0.1, 0.15) is 11.6 Å². The molecule has 0 unspecified atom stereocenters. The van der Waals surface area contributed by atoms with Crippen LogP contribution >= 0.6 is 15.9 Å². The molecule has 0 aliphatic carbocycles. The first-order chi connectivity index (χ1) is 6.63. The van der Waals surface area contributed by atoms with Crippen LogP contribution in [0.5, 0.6) is 0 Å². The van der Waals surface area contributed by atoms with E-state index in [1.807, 2.05) is 0 Å². The summed E-state index contributed by atoms with van der Waals surface area (Å²) in [6, 6.07) is 2.86. The minimum absolute atomic E-state index is 0.100. The monoisotopic (exact) mass is 262 g/mol. The molecule has 1 rings (SSSR count). The van der Waals surface area contributed by atoms with Crippen molar-refractivity contribution in [3.63, 3.8) is 0 Å². The number of ketones is 1. The van der Waals surface area contributed by atoms with Crippen molar-refractivity contribution in [2.24, 2.45) is 0 Å². The summed E-state index contributed by atoms with van der Waals surface area (Å²) >= 11 is 3.18. The van der Waals surface area contributed by atoms with Gasteiger partial charge in [-0.1, -0.05) is 15.9 Å². The van der Waals surface area contributed by atoms with Crippen molar-refractivity contribution < 1.29 is 13.6 Å². The highest BCUT2D eigenvalue weighted by Crippen LogP contribution is 2.11. The third-order valence-electron chi connectivity index (χ3n) is 1.72. The van der Waals surface area contributed by atoms with Crippen LogP contribution in [0.2, 0.25) is 0 Å². The second kappa shape index (κ2) is 5.20. The molecule has 0 bridgehead atoms. The maximum Gasteiger partial charge on any atom is 0.163 e. The van der Waals surface area contributed by atoms with Gasteiger partial charge in [0.05, 0.1) is 0 Å². The minimum Gasteiger partial charge on any atom is -0.294 e. The standard InChI is InChI=1S/C10H9BrF2O/c11-3-1-2-10(14)7-4-8(12)6-9(13)5-7/h4-6H,1-3H2. The van der Waals surface area contributed by atoms with Crippen molar-refractivity contribution in [3.05, 3.63) is 35.4 Å². The summed E-state index contributed by atoms with van der Waals surface area (Å²) in [6.45, 7) is 0. The first kappa shape index (κ1) is 11.3. The molecule has 1 aromatic carbocycles. The smallest absolute Gasteiger partial charge is 0.163 e. The number of carbonyl (C=O) groups excluding carboxylic acids is 1. The molecule has 0 radical (unpaired) electrons. The highest BCUT2D eigenvalue weighted by Gasteiger charge is 2.08. The van der Waals surface area contributed by atoms with E-state index in [0.29, 0.717) is 18.2 Å². The summed E-state index contributed by atoms with van der Waals surface area (Å²) in [5, 5.41) is 0.705. The Morgan fingerprint density at radius 2 is 1.79 bits per heavy atom. The number of alkyl halides is 1. The highest BCUT2D eigenvalue weighted by molar-refractivity contribution is 9.09. The predicted molar refractivity (Wildman–Crippen MR) is 53.7 cm³/mol. The van der Waals surface area contributed by atoms with Crippen molar-refractivity contribution in [2.45, 2.75) is 12.8 Å². The molecule has 76 valence electrons. The molecule has 0 N–H and O–H groups in total. The van der Waals surface area contributed by atoms with Gasteiger partial charge in [-0.05, 0) is 18.6 Å². The molecule has 0 spiro atoms. The number of rotatable bonds is 4. The average molecular weight is 263 g/mol. The van der Waals surface area contributed by atoms with Crippen molar-refractivity contribution in [2.75, 3.05) is 5.33 Å². The zero-order valence-corrected chi connectivity index (χ0v) is 8.98. The van der Waals surface area contributed by atoms with Crippen molar-refractivity contribution in [1.29, 1.82) is 0 Å². The quantitative estimate of drug-likeness (QED) is 0.601. The molecule has 1 nitrogen and oxygen atoms in total. The summed E-state index contributed by atoms with van der Waals surface area (Å²) in [5.74, 6) is -1.66. The summed E-state index contributed by atoms with van der Waals surface area (Å²) in [7, 11) is 0. The highest BCUT2D eigenvalue weighted by atomic mass is 79.9. The molecule has 0 saturated carbocycles. The molecule has 0 heterocycles. The van der Waals surface area contributed by atoms with Crippen LogP contribution in [0, 0.1) is 11.6 Å². The second-order valence-corrected chi connectivity index (χ2v) is 3.67. The van der Waals surface area contributed by atoms with Crippen LogP contribution in [0.25, 0.3) is 0 Å². The van der Waals surface area contributed by atoms with Crippen LogP contribution in [-0.2, 0) is 0 Å². The Kier molecular flexibility index (Phi) is 4.20. The van der Waals surface area contributed by atoms with Gasteiger partial charge in [-0.2, -0.15) is 0 Å². The Labute approximate surface area is 89.3 Å². The van der Waals surface area contributed by atoms with Crippen LogP contribution in [0.3, 0.4) is 0 Å². The van der Waals surface area contributed by atoms with Crippen LogP contribution < -0.4 is 0 Å². The zero-order chi connectivity index (χ0) is 10.6. The van der Waals surface area contributed by atoms with E-state index in [0.717, 1.165) is 18.2 Å². The minimum atomic E-state index is -0.716. The van der Waals surface area contributed by atoms with E-state index >= 15 is 0 Å². The summed E-state index contributed by atoms with van der Waals surface area (Å²) < 4.78 is 25.4. The van der Waals surface area contributed by atoms with Crippen molar-refractivity contribution in [1.82, 2.24) is 0 Å². The van der Waals surface area contributed by atoms with E-state index in [2.05, 4.69) is 15.9 Å². The van der Waals surface area contributed by atoms with Gasteiger partial charge in [-0.3, -0.25) is 4.79 Å². The molecule has 0 aliphatic heterocycles. The Morgan fingerprint density at radius 3 is 2.29 bits per heavy atom. The molecule has 1 aromatic rings. The second-order valence-electron chi connectivity index (χ2n) is 2.87. The van der Waals surface area contributed by atoms with Gasteiger partial charge in [0.2, 0.25) is 0 Å². The lowest BCUT2D eigenvalue weighted by Gasteiger charge is -2.00. The SMILES string of the molecule is O=C(CCCBr)c1cc(F)cc(F)c1. The molecule has 14 heavy (non-hydrogen) atoms. The van der Waals surface area contributed by atoms with Crippen LogP contribution in [0.15, 0.2) is 18.2 Å². The number of hydrogen-bond donors (Lipinski definition) is 0. The fourth-order valence-electron chi connectivity index (χ4n) is 1.09. The summed E-state index contributed by atoms with van der Waals surface area (Å²) in [6.07, 6.45) is 0.963. The number of hydrogen-bond acceptors (Lipinski definition) is 1. The van der Waals surface area contributed by atoms with Gasteiger partial charge in [-0.25, -0.2) is 8.78 Å². The molecule has 4 heteroatoms. The average Bonchev–Trinajstić information content (AvgIpc) is 2.12.